The van der Waals surface area contributed by atoms with Gasteiger partial charge < -0.3 is 20.4 Å². The summed E-state index contributed by atoms with van der Waals surface area (Å²) < 4.78 is 0. The van der Waals surface area contributed by atoms with Gasteiger partial charge in [-0.25, -0.2) is 0 Å². The highest BCUT2D eigenvalue weighted by atomic mass is 16.2. The minimum atomic E-state index is 0.0372. The van der Waals surface area contributed by atoms with Gasteiger partial charge in [0, 0.05) is 52.4 Å². The smallest absolute Gasteiger partial charge is 0.253 e. The fourth-order valence-electron chi connectivity index (χ4n) is 3.64. The average Bonchev–Trinajstić information content (AvgIpc) is 2.70. The van der Waals surface area contributed by atoms with Crippen LogP contribution in [-0.4, -0.2) is 75.0 Å². The maximum atomic E-state index is 12.1. The molecule has 1 saturated heterocycles. The number of amides is 1. The standard InChI is InChI=1S/C22H37N5O/c1-17(2)27-13-7-9-19(16-27)15-25-22(23-3)24-12-11-18-8-6-10-20(14-18)21(28)26(4)5/h6,8,10,14,17,19H,7,9,11-13,15-16H2,1-5H3,(H2,23,24,25). The first kappa shape index (κ1) is 22.2. The molecule has 0 radical (unpaired) electrons. The fraction of sp³-hybridized carbons (Fsp3) is 0.636. The summed E-state index contributed by atoms with van der Waals surface area (Å²) in [7, 11) is 5.37. The lowest BCUT2D eigenvalue weighted by molar-refractivity contribution is 0.0827. The zero-order chi connectivity index (χ0) is 20.5. The van der Waals surface area contributed by atoms with Crippen molar-refractivity contribution >= 4 is 11.9 Å². The van der Waals surface area contributed by atoms with Crippen molar-refractivity contribution in [2.75, 3.05) is 47.3 Å². The topological polar surface area (TPSA) is 60.0 Å². The molecule has 1 unspecified atom stereocenters. The summed E-state index contributed by atoms with van der Waals surface area (Å²) in [6.45, 7) is 8.66. The third kappa shape index (κ3) is 6.82. The summed E-state index contributed by atoms with van der Waals surface area (Å²) in [5.41, 5.74) is 1.88. The number of carbonyl (C=O) groups is 1. The van der Waals surface area contributed by atoms with Gasteiger partial charge in [-0.1, -0.05) is 12.1 Å². The third-order valence-corrected chi connectivity index (χ3v) is 5.35. The Labute approximate surface area is 170 Å². The number of aliphatic imine (C=N–C) groups is 1. The molecule has 2 rings (SSSR count). The van der Waals surface area contributed by atoms with Gasteiger partial charge in [0.15, 0.2) is 5.96 Å². The van der Waals surface area contributed by atoms with Gasteiger partial charge in [-0.2, -0.15) is 0 Å². The Balaban J connectivity index is 1.77. The lowest BCUT2D eigenvalue weighted by Gasteiger charge is -2.35. The van der Waals surface area contributed by atoms with Crippen LogP contribution in [-0.2, 0) is 6.42 Å². The van der Waals surface area contributed by atoms with Crippen LogP contribution in [0, 0.1) is 5.92 Å². The van der Waals surface area contributed by atoms with Crippen LogP contribution in [0.1, 0.15) is 42.6 Å². The predicted molar refractivity (Wildman–Crippen MR) is 117 cm³/mol. The molecule has 156 valence electrons. The van der Waals surface area contributed by atoms with E-state index in [-0.39, 0.29) is 5.91 Å². The van der Waals surface area contributed by atoms with Crippen molar-refractivity contribution < 1.29 is 4.79 Å². The number of rotatable bonds is 7. The number of hydrogen-bond donors (Lipinski definition) is 2. The molecule has 0 aromatic heterocycles. The molecule has 1 aromatic carbocycles. The molecule has 1 aliphatic heterocycles. The van der Waals surface area contributed by atoms with Crippen molar-refractivity contribution in [1.29, 1.82) is 0 Å². The van der Waals surface area contributed by atoms with E-state index in [2.05, 4.69) is 40.4 Å². The number of benzene rings is 1. The molecule has 1 heterocycles. The number of nitrogens with zero attached hydrogens (tertiary/aromatic N) is 3. The third-order valence-electron chi connectivity index (χ3n) is 5.35. The molecule has 0 spiro atoms. The van der Waals surface area contributed by atoms with Crippen LogP contribution < -0.4 is 10.6 Å². The van der Waals surface area contributed by atoms with Crippen molar-refractivity contribution in [1.82, 2.24) is 20.4 Å². The van der Waals surface area contributed by atoms with Gasteiger partial charge >= 0.3 is 0 Å². The average molecular weight is 388 g/mol. The van der Waals surface area contributed by atoms with Crippen molar-refractivity contribution in [3.8, 4) is 0 Å². The lowest BCUT2D eigenvalue weighted by atomic mass is 9.97. The number of carbonyl (C=O) groups excluding carboxylic acids is 1. The molecule has 1 atom stereocenters. The zero-order valence-electron chi connectivity index (χ0n) is 18.2. The summed E-state index contributed by atoms with van der Waals surface area (Å²) in [4.78, 5) is 20.6. The van der Waals surface area contributed by atoms with Gasteiger partial charge in [-0.05, 0) is 63.3 Å². The van der Waals surface area contributed by atoms with Crippen molar-refractivity contribution in [3.05, 3.63) is 35.4 Å². The first-order valence-corrected chi connectivity index (χ1v) is 10.4. The Morgan fingerprint density at radius 3 is 2.79 bits per heavy atom. The predicted octanol–water partition coefficient (Wildman–Crippen LogP) is 2.22. The molecule has 6 nitrogen and oxygen atoms in total. The van der Waals surface area contributed by atoms with Crippen molar-refractivity contribution in [2.24, 2.45) is 10.9 Å². The first-order valence-electron chi connectivity index (χ1n) is 10.4. The normalized spacial score (nSPS) is 18.2. The van der Waals surface area contributed by atoms with Gasteiger partial charge in [0.2, 0.25) is 0 Å². The molecule has 1 aliphatic rings. The van der Waals surface area contributed by atoms with Gasteiger partial charge in [0.1, 0.15) is 0 Å². The van der Waals surface area contributed by atoms with E-state index in [9.17, 15) is 4.79 Å². The molecular weight excluding hydrogens is 350 g/mol. The van der Waals surface area contributed by atoms with E-state index in [4.69, 9.17) is 0 Å². The molecule has 1 amide bonds. The monoisotopic (exact) mass is 387 g/mol. The molecule has 0 saturated carbocycles. The van der Waals surface area contributed by atoms with Crippen LogP contribution in [0.4, 0.5) is 0 Å². The summed E-state index contributed by atoms with van der Waals surface area (Å²) in [5.74, 6) is 1.56. The summed E-state index contributed by atoms with van der Waals surface area (Å²) in [6.07, 6.45) is 3.40. The number of piperidine rings is 1. The summed E-state index contributed by atoms with van der Waals surface area (Å²) in [6, 6.07) is 8.47. The fourth-order valence-corrected chi connectivity index (χ4v) is 3.64. The van der Waals surface area contributed by atoms with Crippen LogP contribution in [0.5, 0.6) is 0 Å². The van der Waals surface area contributed by atoms with E-state index in [1.165, 1.54) is 19.4 Å². The zero-order valence-corrected chi connectivity index (χ0v) is 18.2. The molecular formula is C22H37N5O. The second-order valence-corrected chi connectivity index (χ2v) is 8.13. The number of hydrogen-bond acceptors (Lipinski definition) is 3. The molecule has 1 fully saturated rings. The van der Waals surface area contributed by atoms with Gasteiger partial charge in [0.25, 0.3) is 5.91 Å². The van der Waals surface area contributed by atoms with E-state index in [0.29, 0.717) is 12.0 Å². The van der Waals surface area contributed by atoms with E-state index in [1.54, 1.807) is 19.0 Å². The highest BCUT2D eigenvalue weighted by molar-refractivity contribution is 5.94. The Kier molecular flexibility index (Phi) is 8.77. The van der Waals surface area contributed by atoms with E-state index < -0.39 is 0 Å². The highest BCUT2D eigenvalue weighted by Gasteiger charge is 2.21. The quantitative estimate of drug-likeness (QED) is 0.556. The minimum Gasteiger partial charge on any atom is -0.356 e. The van der Waals surface area contributed by atoms with Crippen molar-refractivity contribution in [2.45, 2.75) is 39.2 Å². The Morgan fingerprint density at radius 2 is 2.11 bits per heavy atom. The molecule has 2 N–H and O–H groups in total. The molecule has 1 aromatic rings. The van der Waals surface area contributed by atoms with Crippen molar-refractivity contribution in [3.63, 3.8) is 0 Å². The van der Waals surface area contributed by atoms with Gasteiger partial charge in [-0.15, -0.1) is 0 Å². The molecule has 6 heteroatoms. The van der Waals surface area contributed by atoms with Gasteiger partial charge in [0.05, 0.1) is 0 Å². The SMILES string of the molecule is CN=C(NCCc1cccc(C(=O)N(C)C)c1)NCC1CCCN(C(C)C)C1. The number of guanidine groups is 1. The van der Waals surface area contributed by atoms with Crippen LogP contribution in [0.2, 0.25) is 0 Å². The second-order valence-electron chi connectivity index (χ2n) is 8.13. The Hall–Kier alpha value is -2.08. The molecule has 0 aliphatic carbocycles. The summed E-state index contributed by atoms with van der Waals surface area (Å²) in [5, 5.41) is 6.87. The van der Waals surface area contributed by atoms with E-state index in [0.717, 1.165) is 43.1 Å². The van der Waals surface area contributed by atoms with Crippen LogP contribution in [0.3, 0.4) is 0 Å². The largest absolute Gasteiger partial charge is 0.356 e. The first-order chi connectivity index (χ1) is 13.4. The maximum Gasteiger partial charge on any atom is 0.253 e. The van der Waals surface area contributed by atoms with E-state index in [1.807, 2.05) is 25.2 Å². The van der Waals surface area contributed by atoms with Crippen LogP contribution in [0.25, 0.3) is 0 Å². The molecule has 0 bridgehead atoms. The van der Waals surface area contributed by atoms with E-state index >= 15 is 0 Å². The van der Waals surface area contributed by atoms with Crippen LogP contribution >= 0.6 is 0 Å². The highest BCUT2D eigenvalue weighted by Crippen LogP contribution is 2.17. The van der Waals surface area contributed by atoms with Gasteiger partial charge in [-0.3, -0.25) is 9.79 Å². The second kappa shape index (κ2) is 11.1. The Morgan fingerprint density at radius 1 is 1.32 bits per heavy atom. The maximum absolute atomic E-state index is 12.1. The minimum absolute atomic E-state index is 0.0372. The summed E-state index contributed by atoms with van der Waals surface area (Å²) >= 11 is 0. The van der Waals surface area contributed by atoms with Crippen LogP contribution in [0.15, 0.2) is 29.3 Å². The molecule has 28 heavy (non-hydrogen) atoms. The number of nitrogens with one attached hydrogen (secondary N) is 2. The Bertz CT molecular complexity index is 656. The number of likely N-dealkylation sites (tertiary alicyclic amines) is 1. The lowest BCUT2D eigenvalue weighted by Crippen LogP contribution is -2.46.